The molecule has 13 aliphatic heterocycles. The molecule has 0 spiro atoms. The summed E-state index contributed by atoms with van der Waals surface area (Å²) in [5, 5.41) is 33.0. The Kier molecular flexibility index (Phi) is 31.1. The predicted octanol–water partition coefficient (Wildman–Crippen LogP) is -7.06. The number of likely N-dealkylation sites (tertiary alicyclic amines) is 12. The number of thiol groups is 1. The number of carbonyl (C=O) groups excluding carboxylic acids is 20. The lowest BCUT2D eigenvalue weighted by Gasteiger charge is -2.32. The van der Waals surface area contributed by atoms with E-state index in [0.717, 1.165) is 13.0 Å². The monoisotopic (exact) mass is 1780 g/mol. The van der Waals surface area contributed by atoms with E-state index in [1.165, 1.54) is 53.9 Å². The average molecular weight is 1780 g/mol. The molecule has 10 N–H and O–H groups in total. The van der Waals surface area contributed by atoms with Crippen LogP contribution in [0, 0.1) is 0 Å². The zero-order valence-electron chi connectivity index (χ0n) is 71.2. The van der Waals surface area contributed by atoms with Crippen LogP contribution in [0.3, 0.4) is 0 Å². The SMILES string of the molecule is O=C(O)CNC(=O)[C@@H]1CCCN1C(=O)[C@@H]1CCCN1C(=O)CNC(=O)[C@@H]1CCCN1C(=O)[C@H](CS)NC(=O)CNC(=O)[C@@H]1CCCN1C(=O)[C@@H]1CCCN1C(=O)CNC(=O)[C@@H]1CCCN1C(=O)[C@@H]1CCCN1C(=O)CNC(=O)[C@@H]1CCCN1C(=O)[C@@H]1CCCN1C(=O)CNC(=O)[C@@H]1CCCN1C(=O)[C@@H]1CCCN1C(=O)CNC(=O)[C@@H]1CCCN1C(=O)[C@@H]1CCCN1. The van der Waals surface area contributed by atoms with Crippen LogP contribution >= 0.6 is 12.6 Å². The Morgan fingerprint density at radius 1 is 0.262 bits per heavy atom. The van der Waals surface area contributed by atoms with E-state index in [-0.39, 0.29) is 135 Å². The third-order valence-electron chi connectivity index (χ3n) is 27.2. The van der Waals surface area contributed by atoms with E-state index in [2.05, 4.69) is 60.5 Å². The first-order valence-corrected chi connectivity index (χ1v) is 45.7. The summed E-state index contributed by atoms with van der Waals surface area (Å²) < 4.78 is 0. The van der Waals surface area contributed by atoms with Crippen LogP contribution in [0.5, 0.6) is 0 Å². The first kappa shape index (κ1) is 92.8. The summed E-state index contributed by atoms with van der Waals surface area (Å²) >= 11 is 4.30. The van der Waals surface area contributed by atoms with E-state index < -0.39 is 236 Å². The Hall–Kier alpha value is -10.8. The van der Waals surface area contributed by atoms with E-state index in [9.17, 15) is 101 Å². The van der Waals surface area contributed by atoms with Gasteiger partial charge in [-0.1, -0.05) is 0 Å². The van der Waals surface area contributed by atoms with Crippen molar-refractivity contribution in [3.05, 3.63) is 0 Å². The highest BCUT2D eigenvalue weighted by molar-refractivity contribution is 7.80. The zero-order chi connectivity index (χ0) is 89.7. The van der Waals surface area contributed by atoms with E-state index in [0.29, 0.717) is 129 Å². The molecule has 43 nitrogen and oxygen atoms in total. The van der Waals surface area contributed by atoms with Gasteiger partial charge in [0.15, 0.2) is 0 Å². The second-order valence-corrected chi connectivity index (χ2v) is 35.3. The number of carboxylic acids is 1. The quantitative estimate of drug-likeness (QED) is 0.0298. The fourth-order valence-corrected chi connectivity index (χ4v) is 21.1. The first-order valence-electron chi connectivity index (χ1n) is 45.0. The van der Waals surface area contributed by atoms with Gasteiger partial charge in [-0.2, -0.15) is 12.6 Å². The van der Waals surface area contributed by atoms with Gasteiger partial charge in [0.25, 0.3) is 0 Å². The maximum absolute atomic E-state index is 14.4. The Labute approximate surface area is 734 Å². The average Bonchev–Trinajstić information content (AvgIpc) is 1.66. The third-order valence-corrected chi connectivity index (χ3v) is 27.6. The number of carbonyl (C=O) groups is 21. The second kappa shape index (κ2) is 42.2. The van der Waals surface area contributed by atoms with E-state index in [4.69, 9.17) is 5.11 Å². The highest BCUT2D eigenvalue weighted by atomic mass is 32.1. The van der Waals surface area contributed by atoms with Crippen molar-refractivity contribution in [1.29, 1.82) is 0 Å². The minimum Gasteiger partial charge on any atom is -0.480 e. The van der Waals surface area contributed by atoms with Gasteiger partial charge in [-0.15, -0.1) is 0 Å². The van der Waals surface area contributed by atoms with E-state index in [1.807, 2.05) is 0 Å². The zero-order valence-corrected chi connectivity index (χ0v) is 72.0. The fraction of sp³-hybridized carbons (Fsp3) is 0.744. The fourth-order valence-electron chi connectivity index (χ4n) is 20.9. The van der Waals surface area contributed by atoms with Gasteiger partial charge in [-0.05, 0) is 173 Å². The maximum atomic E-state index is 14.4. The highest BCUT2D eigenvalue weighted by Crippen LogP contribution is 2.33. The lowest BCUT2D eigenvalue weighted by molar-refractivity contribution is -0.148. The van der Waals surface area contributed by atoms with Crippen LogP contribution < -0.4 is 47.9 Å². The number of amides is 20. The molecule has 0 aromatic heterocycles. The summed E-state index contributed by atoms with van der Waals surface area (Å²) in [7, 11) is 0. The van der Waals surface area contributed by atoms with Crippen molar-refractivity contribution in [2.45, 2.75) is 252 Å². The van der Waals surface area contributed by atoms with Crippen molar-refractivity contribution in [2.24, 2.45) is 0 Å². The Balaban J connectivity index is 0.513. The molecule has 0 radical (unpaired) electrons. The van der Waals surface area contributed by atoms with Gasteiger partial charge in [0.2, 0.25) is 118 Å². The Morgan fingerprint density at radius 3 is 0.714 bits per heavy atom. The van der Waals surface area contributed by atoms with E-state index in [1.54, 1.807) is 4.90 Å². The number of carboxylic acid groups (broad SMARTS) is 1. The number of aliphatic carboxylic acids is 1. The molecular weight excluding hydrogens is 1660 g/mol. The summed E-state index contributed by atoms with van der Waals surface area (Å²) in [6.45, 7) is -0.198. The van der Waals surface area contributed by atoms with Crippen molar-refractivity contribution >= 4 is 137 Å². The van der Waals surface area contributed by atoms with Gasteiger partial charge in [0, 0.05) is 84.3 Å². The predicted molar refractivity (Wildman–Crippen MR) is 442 cm³/mol. The van der Waals surface area contributed by atoms with Gasteiger partial charge in [0.1, 0.15) is 85.1 Å². The molecule has 0 saturated carbocycles. The van der Waals surface area contributed by atoms with Crippen molar-refractivity contribution < 1.29 is 106 Å². The van der Waals surface area contributed by atoms with Gasteiger partial charge in [0.05, 0.1) is 45.3 Å². The molecule has 13 aliphatic rings. The summed E-state index contributed by atoms with van der Waals surface area (Å²) in [6.07, 6.45) is 10.9. The molecule has 44 heteroatoms. The molecule has 0 unspecified atom stereocenters. The van der Waals surface area contributed by atoms with Crippen LogP contribution in [-0.2, 0) is 101 Å². The van der Waals surface area contributed by atoms with Crippen LogP contribution in [-0.4, -0.2) is 409 Å². The molecule has 0 aromatic carbocycles. The van der Waals surface area contributed by atoms with Gasteiger partial charge in [-0.25, -0.2) is 0 Å². The molecule has 13 rings (SSSR count). The van der Waals surface area contributed by atoms with Gasteiger partial charge in [-0.3, -0.25) is 101 Å². The minimum absolute atomic E-state index is 0.123. The van der Waals surface area contributed by atoms with Gasteiger partial charge >= 0.3 is 5.97 Å². The van der Waals surface area contributed by atoms with Crippen molar-refractivity contribution in [3.8, 4) is 0 Å². The van der Waals surface area contributed by atoms with Crippen molar-refractivity contribution in [3.63, 3.8) is 0 Å². The number of rotatable bonds is 30. The Bertz CT molecular complexity index is 4250. The molecule has 13 heterocycles. The number of nitrogens with zero attached hydrogens (tertiary/aromatic N) is 12. The summed E-state index contributed by atoms with van der Waals surface area (Å²) in [5.74, 6) is -12.1. The molecule has 20 amide bonds. The standard InChI is InChI=1S/C82H119N21O22S/c104-62(91-49(47-126)77(120)98-34-3-16-51(98)71(114)86-42-64(106)96-32-13-26-61(96)82(125)103-39-8-21-56(103)75(118)90-46-68(110)111)40-84-69(112)52-17-4-35-99(52)78(121)57-22-9-28-92(57)65(107)43-87-72(115)54-19-6-37-101(54)80(123)59-24-11-30-94(59)67(109)45-89-74(117)55-20-7-38-102(55)81(124)60-25-12-31-95(60)66(108)44-88-73(116)53-18-5-36-100(53)79(122)58-23-10-29-93(58)63(105)41-85-70(113)50-15-2-33-97(50)76(119)48-14-1-27-83-48/h48-61,83,126H,1-47H2,(H,84,112)(H,85,113)(H,86,114)(H,87,115)(H,88,116)(H,89,117)(H,90,118)(H,91,104)(H,110,111)/t48-,49-,50-,51-,52-,53-,54-,55-,56-,57-,58-,59-,60-,61-/m0/s1. The number of hydrogen-bond acceptors (Lipinski definition) is 23. The van der Waals surface area contributed by atoms with Gasteiger partial charge < -0.3 is 112 Å². The molecule has 13 fully saturated rings. The van der Waals surface area contributed by atoms with Crippen molar-refractivity contribution in [1.82, 2.24) is 107 Å². The molecular formula is C82H119N21O22S. The minimum atomic E-state index is -1.25. The number of nitrogens with one attached hydrogen (secondary N) is 9. The molecule has 0 aliphatic carbocycles. The smallest absolute Gasteiger partial charge is 0.322 e. The molecule has 13 saturated heterocycles. The van der Waals surface area contributed by atoms with E-state index >= 15 is 0 Å². The lowest BCUT2D eigenvalue weighted by atomic mass is 10.1. The highest BCUT2D eigenvalue weighted by Gasteiger charge is 2.51. The Morgan fingerprint density at radius 2 is 0.476 bits per heavy atom. The van der Waals surface area contributed by atoms with Crippen molar-refractivity contribution in [2.75, 3.05) is 137 Å². The summed E-state index contributed by atoms with van der Waals surface area (Å²) in [5.41, 5.74) is 0. The molecule has 14 atom stereocenters. The summed E-state index contributed by atoms with van der Waals surface area (Å²) in [6, 6.07) is -12.8. The maximum Gasteiger partial charge on any atom is 0.322 e. The van der Waals surface area contributed by atoms with Crippen LogP contribution in [0.2, 0.25) is 0 Å². The van der Waals surface area contributed by atoms with Crippen LogP contribution in [0.25, 0.3) is 0 Å². The largest absolute Gasteiger partial charge is 0.480 e. The van der Waals surface area contributed by atoms with Crippen LogP contribution in [0.4, 0.5) is 0 Å². The molecule has 0 bridgehead atoms. The second-order valence-electron chi connectivity index (χ2n) is 34.9. The molecule has 0 aromatic rings. The molecule has 126 heavy (non-hydrogen) atoms. The summed E-state index contributed by atoms with van der Waals surface area (Å²) in [4.78, 5) is 304. The van der Waals surface area contributed by atoms with Crippen LogP contribution in [0.15, 0.2) is 0 Å². The normalized spacial score (nSPS) is 27.3. The first-order chi connectivity index (χ1) is 60.6. The molecule has 690 valence electrons. The lowest BCUT2D eigenvalue weighted by Crippen LogP contribution is -2.57. The third kappa shape index (κ3) is 20.9. The topological polar surface area (TPSA) is 526 Å². The van der Waals surface area contributed by atoms with Crippen LogP contribution in [0.1, 0.15) is 167 Å². The number of hydrogen-bond donors (Lipinski definition) is 11.